The monoisotopic (exact) mass is 395 g/mol. The average molecular weight is 396 g/mol. The molecule has 0 aliphatic rings. The zero-order valence-electron chi connectivity index (χ0n) is 15.6. The Bertz CT molecular complexity index is 951. The molecule has 0 fully saturated rings. The summed E-state index contributed by atoms with van der Waals surface area (Å²) in [6.45, 7) is 2.67. The molecule has 2 rings (SSSR count). The number of ketones is 1. The minimum absolute atomic E-state index is 0.0211. The molecule has 0 saturated heterocycles. The molecule has 0 spiro atoms. The summed E-state index contributed by atoms with van der Waals surface area (Å²) in [6.07, 6.45) is 0.642. The summed E-state index contributed by atoms with van der Waals surface area (Å²) in [6, 6.07) is 5.26. The molecule has 146 valence electrons. The highest BCUT2D eigenvalue weighted by Crippen LogP contribution is 2.21. The van der Waals surface area contributed by atoms with Crippen molar-refractivity contribution in [3.05, 3.63) is 55.2 Å². The lowest BCUT2D eigenvalue weighted by molar-refractivity contribution is -0.884. The number of nitrogens with two attached hydrogens (primary N) is 1. The van der Waals surface area contributed by atoms with Crippen molar-refractivity contribution in [1.29, 1.82) is 0 Å². The van der Waals surface area contributed by atoms with E-state index in [0.717, 1.165) is 10.5 Å². The van der Waals surface area contributed by atoms with Gasteiger partial charge in [-0.05, 0) is 24.6 Å². The van der Waals surface area contributed by atoms with Crippen molar-refractivity contribution in [3.63, 3.8) is 0 Å². The van der Waals surface area contributed by atoms with E-state index in [2.05, 4.69) is 4.98 Å². The van der Waals surface area contributed by atoms with Crippen LogP contribution in [-0.2, 0) is 13.1 Å². The fraction of sp³-hybridized carbons (Fsp3) is 0.389. The van der Waals surface area contributed by atoms with Crippen LogP contribution in [0.5, 0.6) is 5.75 Å². The van der Waals surface area contributed by atoms with Crippen LogP contribution in [0.15, 0.2) is 27.8 Å². The third-order valence-corrected chi connectivity index (χ3v) is 4.40. The molecule has 0 amide bonds. The van der Waals surface area contributed by atoms with E-state index in [1.54, 1.807) is 25.3 Å². The number of nitrogens with one attached hydrogen (secondary N) is 2. The summed E-state index contributed by atoms with van der Waals surface area (Å²) in [7, 11) is 3.37. The van der Waals surface area contributed by atoms with Crippen LogP contribution in [0, 0.1) is 0 Å². The molecule has 1 aromatic carbocycles. The normalized spacial score (nSPS) is 12.0. The first kappa shape index (κ1) is 20.7. The number of ether oxygens (including phenoxy) is 1. The molecule has 27 heavy (non-hydrogen) atoms. The lowest BCUT2D eigenvalue weighted by Gasteiger charge is -2.16. The standard InChI is InChI=1S/C18H23ClN4O4/c1-4-7-23-16(20)15(17(25)21-18(23)26)13(24)10-22(2)9-11-8-12(19)5-6-14(11)27-3/h5-6,8H,4,7,9-10,20H2,1-3H3,(H,21,25,26)/p+1. The zero-order chi connectivity index (χ0) is 20.1. The predicted octanol–water partition coefficient (Wildman–Crippen LogP) is 0.0884. The molecule has 1 atom stereocenters. The molecule has 1 aromatic heterocycles. The van der Waals surface area contributed by atoms with Gasteiger partial charge >= 0.3 is 5.69 Å². The number of anilines is 1. The Kier molecular flexibility index (Phi) is 6.81. The molecule has 0 saturated carbocycles. The molecule has 9 heteroatoms. The van der Waals surface area contributed by atoms with Gasteiger partial charge in [-0.3, -0.25) is 19.1 Å². The van der Waals surface area contributed by atoms with E-state index in [1.807, 2.05) is 14.0 Å². The molecule has 0 bridgehead atoms. The van der Waals surface area contributed by atoms with E-state index in [9.17, 15) is 14.4 Å². The van der Waals surface area contributed by atoms with Gasteiger partial charge in [0.15, 0.2) is 0 Å². The largest absolute Gasteiger partial charge is 0.496 e. The number of quaternary nitrogens is 1. The van der Waals surface area contributed by atoms with Crippen LogP contribution in [-0.4, -0.2) is 36.0 Å². The highest BCUT2D eigenvalue weighted by Gasteiger charge is 2.22. The second-order valence-electron chi connectivity index (χ2n) is 6.36. The Hall–Kier alpha value is -2.58. The van der Waals surface area contributed by atoms with Gasteiger partial charge < -0.3 is 15.4 Å². The van der Waals surface area contributed by atoms with Gasteiger partial charge in [-0.2, -0.15) is 0 Å². The predicted molar refractivity (Wildman–Crippen MR) is 104 cm³/mol. The number of likely N-dealkylation sites (N-methyl/N-ethyl adjacent to an activating group) is 1. The van der Waals surface area contributed by atoms with Crippen molar-refractivity contribution in [2.45, 2.75) is 26.4 Å². The molecule has 4 N–H and O–H groups in total. The fourth-order valence-electron chi connectivity index (χ4n) is 2.94. The second kappa shape index (κ2) is 8.88. The number of hydrogen-bond donors (Lipinski definition) is 3. The molecule has 0 aliphatic heterocycles. The minimum atomic E-state index is -0.761. The number of halogens is 1. The van der Waals surface area contributed by atoms with Crippen LogP contribution >= 0.6 is 11.6 Å². The molecule has 8 nitrogen and oxygen atoms in total. The Morgan fingerprint density at radius 3 is 2.70 bits per heavy atom. The first-order chi connectivity index (χ1) is 12.8. The minimum Gasteiger partial charge on any atom is -0.496 e. The number of carbonyl (C=O) groups is 1. The van der Waals surface area contributed by atoms with Gasteiger partial charge in [0.25, 0.3) is 5.56 Å². The first-order valence-electron chi connectivity index (χ1n) is 8.58. The van der Waals surface area contributed by atoms with Crippen molar-refractivity contribution in [3.8, 4) is 5.75 Å². The molecular formula is C18H24ClN4O4+. The smallest absolute Gasteiger partial charge is 0.329 e. The van der Waals surface area contributed by atoms with Crippen LogP contribution in [0.25, 0.3) is 0 Å². The number of hydrogen-bond acceptors (Lipinski definition) is 5. The van der Waals surface area contributed by atoms with Gasteiger partial charge in [-0.25, -0.2) is 4.79 Å². The number of nitrogens with zero attached hydrogens (tertiary/aromatic N) is 1. The summed E-state index contributed by atoms with van der Waals surface area (Å²) < 4.78 is 6.53. The SMILES string of the molecule is CCCn1c(N)c(C(=O)C[NH+](C)Cc2cc(Cl)ccc2OC)c(=O)[nH]c1=O. The van der Waals surface area contributed by atoms with Crippen LogP contribution in [0.1, 0.15) is 29.3 Å². The molecule has 0 radical (unpaired) electrons. The van der Waals surface area contributed by atoms with E-state index in [-0.39, 0.29) is 17.9 Å². The molecule has 2 aromatic rings. The Balaban J connectivity index is 2.25. The molecule has 0 aliphatic carbocycles. The Morgan fingerprint density at radius 1 is 1.37 bits per heavy atom. The number of aromatic nitrogens is 2. The van der Waals surface area contributed by atoms with E-state index in [1.165, 1.54) is 4.57 Å². The maximum atomic E-state index is 12.7. The van der Waals surface area contributed by atoms with Gasteiger partial charge in [0, 0.05) is 17.1 Å². The zero-order valence-corrected chi connectivity index (χ0v) is 16.4. The number of aromatic amines is 1. The number of Topliss-reactive ketones (excluding diaryl/α,β-unsaturated/α-hetero) is 1. The summed E-state index contributed by atoms with van der Waals surface area (Å²) in [5.74, 6) is 0.140. The number of carbonyl (C=O) groups excluding carboxylic acids is 1. The van der Waals surface area contributed by atoms with Crippen molar-refractivity contribution >= 4 is 23.2 Å². The lowest BCUT2D eigenvalue weighted by atomic mass is 10.1. The summed E-state index contributed by atoms with van der Waals surface area (Å²) in [5.41, 5.74) is 5.23. The highest BCUT2D eigenvalue weighted by atomic mass is 35.5. The molecule has 1 unspecified atom stereocenters. The van der Waals surface area contributed by atoms with Crippen molar-refractivity contribution in [2.24, 2.45) is 0 Å². The maximum absolute atomic E-state index is 12.7. The molecule has 1 heterocycles. The number of H-pyrrole nitrogens is 1. The van der Waals surface area contributed by atoms with Gasteiger partial charge in [-0.15, -0.1) is 0 Å². The van der Waals surface area contributed by atoms with Gasteiger partial charge in [0.05, 0.1) is 14.2 Å². The Morgan fingerprint density at radius 2 is 2.07 bits per heavy atom. The first-order valence-corrected chi connectivity index (χ1v) is 8.95. The van der Waals surface area contributed by atoms with Crippen molar-refractivity contribution in [2.75, 3.05) is 26.4 Å². The second-order valence-corrected chi connectivity index (χ2v) is 6.80. The molecular weight excluding hydrogens is 372 g/mol. The topological polar surface area (TPSA) is 112 Å². The maximum Gasteiger partial charge on any atom is 0.329 e. The summed E-state index contributed by atoms with van der Waals surface area (Å²) in [5, 5.41) is 0.567. The Labute approximate surface area is 161 Å². The number of benzene rings is 1. The number of methoxy groups -OCH3 is 1. The van der Waals surface area contributed by atoms with Gasteiger partial charge in [-0.1, -0.05) is 18.5 Å². The average Bonchev–Trinajstić information content (AvgIpc) is 2.58. The van der Waals surface area contributed by atoms with Gasteiger partial charge in [0.1, 0.15) is 30.2 Å². The van der Waals surface area contributed by atoms with Crippen molar-refractivity contribution < 1.29 is 14.4 Å². The van der Waals surface area contributed by atoms with E-state index < -0.39 is 17.0 Å². The lowest BCUT2D eigenvalue weighted by Crippen LogP contribution is -3.08. The van der Waals surface area contributed by atoms with Crippen LogP contribution < -0.4 is 26.6 Å². The van der Waals surface area contributed by atoms with E-state index in [0.29, 0.717) is 30.3 Å². The highest BCUT2D eigenvalue weighted by molar-refractivity contribution is 6.30. The quantitative estimate of drug-likeness (QED) is 0.548. The third kappa shape index (κ3) is 4.78. The van der Waals surface area contributed by atoms with Crippen LogP contribution in [0.3, 0.4) is 0 Å². The van der Waals surface area contributed by atoms with E-state index in [4.69, 9.17) is 22.1 Å². The number of nitrogen functional groups attached to an aromatic ring is 1. The summed E-state index contributed by atoms with van der Waals surface area (Å²) >= 11 is 6.04. The van der Waals surface area contributed by atoms with Gasteiger partial charge in [0.2, 0.25) is 5.78 Å². The summed E-state index contributed by atoms with van der Waals surface area (Å²) in [4.78, 5) is 39.7. The van der Waals surface area contributed by atoms with Crippen LogP contribution in [0.2, 0.25) is 5.02 Å². The fourth-order valence-corrected chi connectivity index (χ4v) is 3.13. The van der Waals surface area contributed by atoms with Crippen LogP contribution in [0.4, 0.5) is 5.82 Å². The van der Waals surface area contributed by atoms with Crippen molar-refractivity contribution in [1.82, 2.24) is 9.55 Å². The third-order valence-electron chi connectivity index (χ3n) is 4.16. The number of rotatable bonds is 8. The van der Waals surface area contributed by atoms with E-state index >= 15 is 0 Å².